The summed E-state index contributed by atoms with van der Waals surface area (Å²) < 4.78 is 1.48. The molecule has 6 nitrogen and oxygen atoms in total. The fourth-order valence-electron chi connectivity index (χ4n) is 3.54. The fraction of sp³-hybridized carbons (Fsp3) is 0.333. The molecule has 4 rings (SSSR count). The molecule has 3 aromatic rings. The molecule has 0 spiro atoms. The lowest BCUT2D eigenvalue weighted by atomic mass is 10.1. The molecule has 2 aromatic heterocycles. The number of amides is 1. The number of hydrogen-bond donors (Lipinski definition) is 0. The largest absolute Gasteiger partial charge is 0.330 e. The van der Waals surface area contributed by atoms with Gasteiger partial charge >= 0.3 is 0 Å². The monoisotopic (exact) mass is 362 g/mol. The smallest absolute Gasteiger partial charge is 0.261 e. The number of hydrogen-bond acceptors (Lipinski definition) is 4. The van der Waals surface area contributed by atoms with Crippen molar-refractivity contribution in [1.29, 1.82) is 0 Å². The molecule has 6 heteroatoms. The molecular formula is C21H22N4O2. The highest BCUT2D eigenvalue weighted by Gasteiger charge is 2.36. The molecule has 1 aliphatic carbocycles. The minimum absolute atomic E-state index is 0.00380. The van der Waals surface area contributed by atoms with E-state index >= 15 is 0 Å². The first kappa shape index (κ1) is 17.4. The van der Waals surface area contributed by atoms with E-state index in [1.807, 2.05) is 48.2 Å². The molecular weight excluding hydrogens is 340 g/mol. The summed E-state index contributed by atoms with van der Waals surface area (Å²) in [6.45, 7) is 3.76. The van der Waals surface area contributed by atoms with E-state index in [9.17, 15) is 9.59 Å². The molecule has 1 atom stereocenters. The number of carbonyl (C=O) groups excluding carboxylic acids is 1. The Bertz CT molecular complexity index is 1040. The number of rotatable bonds is 5. The van der Waals surface area contributed by atoms with E-state index < -0.39 is 0 Å². The van der Waals surface area contributed by atoms with E-state index in [4.69, 9.17) is 0 Å². The van der Waals surface area contributed by atoms with Crippen LogP contribution in [-0.2, 0) is 11.3 Å². The molecule has 0 N–H and O–H groups in total. The van der Waals surface area contributed by atoms with Crippen molar-refractivity contribution in [3.8, 4) is 0 Å². The Morgan fingerprint density at radius 3 is 2.67 bits per heavy atom. The Morgan fingerprint density at radius 2 is 1.96 bits per heavy atom. The summed E-state index contributed by atoms with van der Waals surface area (Å²) in [7, 11) is 0. The lowest BCUT2D eigenvalue weighted by Crippen LogP contribution is -2.40. The van der Waals surface area contributed by atoms with E-state index in [0.29, 0.717) is 16.7 Å². The Balaban J connectivity index is 1.66. The predicted octanol–water partition coefficient (Wildman–Crippen LogP) is 2.85. The van der Waals surface area contributed by atoms with Gasteiger partial charge in [0, 0.05) is 12.2 Å². The van der Waals surface area contributed by atoms with Crippen molar-refractivity contribution in [3.05, 3.63) is 70.5 Å². The number of para-hydroxylation sites is 1. The van der Waals surface area contributed by atoms with Crippen LogP contribution in [0.1, 0.15) is 37.3 Å². The van der Waals surface area contributed by atoms with Gasteiger partial charge in [-0.1, -0.05) is 18.2 Å². The molecule has 138 valence electrons. The van der Waals surface area contributed by atoms with Crippen LogP contribution in [0.2, 0.25) is 0 Å². The van der Waals surface area contributed by atoms with Gasteiger partial charge in [-0.05, 0) is 51.0 Å². The second-order valence-corrected chi connectivity index (χ2v) is 7.03. The number of aromatic nitrogens is 3. The molecule has 2 heterocycles. The molecule has 0 bridgehead atoms. The van der Waals surface area contributed by atoms with Crippen LogP contribution >= 0.6 is 0 Å². The lowest BCUT2D eigenvalue weighted by Gasteiger charge is -2.29. The fourth-order valence-corrected chi connectivity index (χ4v) is 3.54. The van der Waals surface area contributed by atoms with Crippen molar-refractivity contribution in [2.75, 3.05) is 0 Å². The van der Waals surface area contributed by atoms with Gasteiger partial charge in [0.2, 0.25) is 5.91 Å². The first-order valence-electron chi connectivity index (χ1n) is 9.24. The van der Waals surface area contributed by atoms with Crippen molar-refractivity contribution in [2.45, 2.75) is 45.3 Å². The van der Waals surface area contributed by atoms with Crippen molar-refractivity contribution >= 4 is 16.8 Å². The zero-order chi connectivity index (χ0) is 19.0. The molecule has 0 radical (unpaired) electrons. The number of carbonyl (C=O) groups is 1. The van der Waals surface area contributed by atoms with Crippen molar-refractivity contribution < 1.29 is 4.79 Å². The lowest BCUT2D eigenvalue weighted by molar-refractivity contribution is -0.134. The van der Waals surface area contributed by atoms with Crippen LogP contribution < -0.4 is 5.56 Å². The van der Waals surface area contributed by atoms with Crippen molar-refractivity contribution in [3.63, 3.8) is 0 Å². The van der Waals surface area contributed by atoms with Crippen LogP contribution in [0.5, 0.6) is 0 Å². The third-order valence-electron chi connectivity index (χ3n) is 5.11. The summed E-state index contributed by atoms with van der Waals surface area (Å²) in [6, 6.07) is 13.0. The summed E-state index contributed by atoms with van der Waals surface area (Å²) in [6.07, 6.45) is 3.73. The maximum Gasteiger partial charge on any atom is 0.261 e. The average molecular weight is 362 g/mol. The molecule has 1 aromatic carbocycles. The molecule has 0 saturated heterocycles. The van der Waals surface area contributed by atoms with Crippen molar-refractivity contribution in [2.24, 2.45) is 0 Å². The zero-order valence-electron chi connectivity index (χ0n) is 15.5. The highest BCUT2D eigenvalue weighted by Crippen LogP contribution is 2.34. The van der Waals surface area contributed by atoms with E-state index in [-0.39, 0.29) is 30.1 Å². The zero-order valence-corrected chi connectivity index (χ0v) is 15.5. The summed E-state index contributed by atoms with van der Waals surface area (Å²) in [5.41, 5.74) is 1.34. The quantitative estimate of drug-likeness (QED) is 0.700. The van der Waals surface area contributed by atoms with Gasteiger partial charge in [-0.3, -0.25) is 19.1 Å². The number of fused-ring (bicyclic) bond motifs is 1. The van der Waals surface area contributed by atoms with Crippen LogP contribution in [0.25, 0.3) is 10.9 Å². The number of aryl methyl sites for hydroxylation is 1. The number of benzene rings is 1. The molecule has 0 aliphatic heterocycles. The second kappa shape index (κ2) is 6.95. The highest BCUT2D eigenvalue weighted by atomic mass is 16.2. The van der Waals surface area contributed by atoms with Crippen LogP contribution in [0, 0.1) is 6.92 Å². The first-order chi connectivity index (χ1) is 13.1. The van der Waals surface area contributed by atoms with Gasteiger partial charge in [-0.2, -0.15) is 0 Å². The van der Waals surface area contributed by atoms with Gasteiger partial charge in [0.05, 0.1) is 22.6 Å². The molecule has 27 heavy (non-hydrogen) atoms. The molecule has 1 amide bonds. The SMILES string of the molecule is Cc1nc2ccccc2c(=O)n1CC(=O)N(C1CC1)C(C)c1ccccn1. The maximum atomic E-state index is 13.2. The predicted molar refractivity (Wildman–Crippen MR) is 103 cm³/mol. The third kappa shape index (κ3) is 3.35. The first-order valence-corrected chi connectivity index (χ1v) is 9.24. The topological polar surface area (TPSA) is 68.1 Å². The van der Waals surface area contributed by atoms with Gasteiger partial charge in [0.15, 0.2) is 0 Å². The summed E-state index contributed by atoms with van der Waals surface area (Å²) in [5.74, 6) is 0.478. The average Bonchev–Trinajstić information content (AvgIpc) is 3.51. The maximum absolute atomic E-state index is 13.2. The van der Waals surface area contributed by atoms with E-state index in [1.165, 1.54) is 4.57 Å². The van der Waals surface area contributed by atoms with Gasteiger partial charge in [-0.15, -0.1) is 0 Å². The normalized spacial score (nSPS) is 14.9. The van der Waals surface area contributed by atoms with Gasteiger partial charge < -0.3 is 4.90 Å². The van der Waals surface area contributed by atoms with Gasteiger partial charge in [-0.25, -0.2) is 4.98 Å². The van der Waals surface area contributed by atoms with Crippen LogP contribution in [0.3, 0.4) is 0 Å². The Labute approximate surface area is 157 Å². The minimum atomic E-state index is -0.173. The van der Waals surface area contributed by atoms with Crippen LogP contribution in [0.15, 0.2) is 53.5 Å². The third-order valence-corrected chi connectivity index (χ3v) is 5.11. The van der Waals surface area contributed by atoms with Crippen LogP contribution in [0.4, 0.5) is 0 Å². The Morgan fingerprint density at radius 1 is 1.22 bits per heavy atom. The summed E-state index contributed by atoms with van der Waals surface area (Å²) >= 11 is 0. The molecule has 1 saturated carbocycles. The number of pyridine rings is 1. The van der Waals surface area contributed by atoms with Crippen LogP contribution in [-0.4, -0.2) is 31.4 Å². The van der Waals surface area contributed by atoms with Gasteiger partial charge in [0.25, 0.3) is 5.56 Å². The standard InChI is InChI=1S/C21H22N4O2/c1-14(18-8-5-6-12-22-18)25(16-10-11-16)20(26)13-24-15(2)23-19-9-4-3-7-17(19)21(24)27/h3-9,12,14,16H,10-11,13H2,1-2H3. The number of nitrogens with zero attached hydrogens (tertiary/aromatic N) is 4. The van der Waals surface area contributed by atoms with E-state index in [2.05, 4.69) is 9.97 Å². The van der Waals surface area contributed by atoms with Gasteiger partial charge in [0.1, 0.15) is 12.4 Å². The summed E-state index contributed by atoms with van der Waals surface area (Å²) in [5, 5.41) is 0.534. The minimum Gasteiger partial charge on any atom is -0.330 e. The second-order valence-electron chi connectivity index (χ2n) is 7.03. The van der Waals surface area contributed by atoms with E-state index in [1.54, 1.807) is 19.2 Å². The Hall–Kier alpha value is -3.02. The molecule has 1 aliphatic rings. The molecule has 1 unspecified atom stereocenters. The summed E-state index contributed by atoms with van der Waals surface area (Å²) in [4.78, 5) is 36.8. The highest BCUT2D eigenvalue weighted by molar-refractivity contribution is 5.80. The van der Waals surface area contributed by atoms with Crippen molar-refractivity contribution in [1.82, 2.24) is 19.4 Å². The Kier molecular flexibility index (Phi) is 4.48. The molecule has 1 fully saturated rings. The van der Waals surface area contributed by atoms with E-state index in [0.717, 1.165) is 18.5 Å².